The number of oxazole rings is 1. The van der Waals surface area contributed by atoms with E-state index < -0.39 is 0 Å². The molecule has 0 fully saturated rings. The summed E-state index contributed by atoms with van der Waals surface area (Å²) >= 11 is 0. The van der Waals surface area contributed by atoms with Crippen molar-refractivity contribution >= 4 is 11.2 Å². The van der Waals surface area contributed by atoms with E-state index in [4.69, 9.17) is 4.42 Å². The molecule has 2 heterocycles. The van der Waals surface area contributed by atoms with Gasteiger partial charge in [-0.05, 0) is 0 Å². The zero-order chi connectivity index (χ0) is 5.40. The molecule has 0 aliphatic carbocycles. The monoisotopic (exact) mass is 109 g/mol. The van der Waals surface area contributed by atoms with E-state index in [1.165, 1.54) is 6.39 Å². The van der Waals surface area contributed by atoms with Crippen molar-refractivity contribution in [2.24, 2.45) is 0 Å². The van der Waals surface area contributed by atoms with Gasteiger partial charge in [-0.2, -0.15) is 0 Å². The van der Waals surface area contributed by atoms with Gasteiger partial charge in [0.05, 0.1) is 6.20 Å². The molecule has 2 aromatic rings. The lowest BCUT2D eigenvalue weighted by Gasteiger charge is -1.61. The number of H-pyrrole nitrogens is 1. The molecule has 0 amide bonds. The Hall–Kier alpha value is -1.32. The molecule has 4 heteroatoms. The zero-order valence-electron chi connectivity index (χ0n) is 3.96. The van der Waals surface area contributed by atoms with Crippen molar-refractivity contribution in [3.8, 4) is 0 Å². The third-order valence-corrected chi connectivity index (χ3v) is 0.943. The van der Waals surface area contributed by atoms with Crippen molar-refractivity contribution in [2.75, 3.05) is 0 Å². The van der Waals surface area contributed by atoms with Crippen molar-refractivity contribution in [1.82, 2.24) is 15.2 Å². The molecular weight excluding hydrogens is 106 g/mol. The summed E-state index contributed by atoms with van der Waals surface area (Å²) in [5.74, 6) is 0. The lowest BCUT2D eigenvalue weighted by molar-refractivity contribution is 0.586. The third-order valence-electron chi connectivity index (χ3n) is 0.943. The summed E-state index contributed by atoms with van der Waals surface area (Å²) in [6.07, 6.45) is 3.05. The molecule has 0 bridgehead atoms. The van der Waals surface area contributed by atoms with E-state index in [1.807, 2.05) is 0 Å². The molecule has 0 radical (unpaired) electrons. The average molecular weight is 109 g/mol. The zero-order valence-corrected chi connectivity index (χ0v) is 3.96. The number of aromatic amines is 1. The van der Waals surface area contributed by atoms with E-state index in [0.717, 1.165) is 5.52 Å². The number of hydrogen-bond acceptors (Lipinski definition) is 3. The first-order valence-electron chi connectivity index (χ1n) is 2.20. The topological polar surface area (TPSA) is 54.7 Å². The molecule has 2 aromatic heterocycles. The Kier molecular flexibility index (Phi) is 0.498. The first-order chi connectivity index (χ1) is 3.97. The number of nitrogens with zero attached hydrogens (tertiary/aromatic N) is 2. The van der Waals surface area contributed by atoms with Crippen molar-refractivity contribution in [1.29, 1.82) is 0 Å². The Labute approximate surface area is 44.5 Å². The normalized spacial score (nSPS) is 10.5. The van der Waals surface area contributed by atoms with Crippen LogP contribution in [0, 0.1) is 0 Å². The largest absolute Gasteiger partial charge is 0.424 e. The van der Waals surface area contributed by atoms with Crippen LogP contribution in [0.1, 0.15) is 0 Å². The highest BCUT2D eigenvalue weighted by Crippen LogP contribution is 2.04. The first kappa shape index (κ1) is 3.65. The van der Waals surface area contributed by atoms with Gasteiger partial charge >= 0.3 is 0 Å². The maximum Gasteiger partial charge on any atom is 0.265 e. The van der Waals surface area contributed by atoms with Crippen LogP contribution in [0.25, 0.3) is 11.2 Å². The van der Waals surface area contributed by atoms with Crippen molar-refractivity contribution < 1.29 is 4.42 Å². The predicted octanol–water partition coefficient (Wildman–Crippen LogP) is 0.551. The van der Waals surface area contributed by atoms with Gasteiger partial charge < -0.3 is 4.42 Å². The molecule has 0 saturated carbocycles. The van der Waals surface area contributed by atoms with Crippen molar-refractivity contribution in [3.63, 3.8) is 0 Å². The molecule has 2 rings (SSSR count). The molecule has 1 N–H and O–H groups in total. The summed E-state index contributed by atoms with van der Waals surface area (Å²) < 4.78 is 4.80. The van der Waals surface area contributed by atoms with E-state index in [2.05, 4.69) is 15.2 Å². The molecule has 0 atom stereocenters. The fraction of sp³-hybridized carbons (Fsp3) is 0. The van der Waals surface area contributed by atoms with Gasteiger partial charge in [-0.15, -0.1) is 5.10 Å². The Morgan fingerprint density at radius 3 is 3.50 bits per heavy atom. The van der Waals surface area contributed by atoms with E-state index in [-0.39, 0.29) is 0 Å². The molecule has 0 unspecified atom stereocenters. The van der Waals surface area contributed by atoms with Crippen LogP contribution in [-0.4, -0.2) is 15.2 Å². The van der Waals surface area contributed by atoms with E-state index in [1.54, 1.807) is 6.20 Å². The summed E-state index contributed by atoms with van der Waals surface area (Å²) in [5, 5.41) is 6.34. The Bertz CT molecular complexity index is 233. The number of aromatic nitrogens is 3. The van der Waals surface area contributed by atoms with Crippen LogP contribution in [0.5, 0.6) is 0 Å². The van der Waals surface area contributed by atoms with Gasteiger partial charge in [0.1, 0.15) is 5.52 Å². The smallest absolute Gasteiger partial charge is 0.265 e. The summed E-state index contributed by atoms with van der Waals surface area (Å²) in [6, 6.07) is 0. The van der Waals surface area contributed by atoms with Crippen molar-refractivity contribution in [3.05, 3.63) is 12.6 Å². The molecule has 0 aliphatic heterocycles. The van der Waals surface area contributed by atoms with Crippen LogP contribution in [0.15, 0.2) is 17.0 Å². The number of hydrogen-bond donors (Lipinski definition) is 1. The summed E-state index contributed by atoms with van der Waals surface area (Å²) in [4.78, 5) is 3.82. The fourth-order valence-corrected chi connectivity index (χ4v) is 0.583. The van der Waals surface area contributed by atoms with E-state index >= 15 is 0 Å². The van der Waals surface area contributed by atoms with Crippen LogP contribution >= 0.6 is 0 Å². The summed E-state index contributed by atoms with van der Waals surface area (Å²) in [7, 11) is 0. The highest BCUT2D eigenvalue weighted by molar-refractivity contribution is 5.65. The molecule has 40 valence electrons. The van der Waals surface area contributed by atoms with Crippen LogP contribution in [0.3, 0.4) is 0 Å². The lowest BCUT2D eigenvalue weighted by Crippen LogP contribution is -1.59. The second-order valence-corrected chi connectivity index (χ2v) is 1.43. The van der Waals surface area contributed by atoms with Crippen LogP contribution in [-0.2, 0) is 0 Å². The van der Waals surface area contributed by atoms with Crippen LogP contribution < -0.4 is 0 Å². The predicted molar refractivity (Wildman–Crippen MR) is 26.2 cm³/mol. The van der Waals surface area contributed by atoms with Gasteiger partial charge in [-0.3, -0.25) is 5.10 Å². The minimum Gasteiger partial charge on any atom is -0.424 e. The van der Waals surface area contributed by atoms with Gasteiger partial charge in [0.25, 0.3) is 5.71 Å². The van der Waals surface area contributed by atoms with Gasteiger partial charge in [-0.1, -0.05) is 0 Å². The molecule has 4 nitrogen and oxygen atoms in total. The first-order valence-corrected chi connectivity index (χ1v) is 2.20. The lowest BCUT2D eigenvalue weighted by atomic mass is 10.6. The van der Waals surface area contributed by atoms with E-state index in [9.17, 15) is 0 Å². The molecule has 0 saturated heterocycles. The average Bonchev–Trinajstić information content (AvgIpc) is 2.15. The Balaban J connectivity index is 3.06. The van der Waals surface area contributed by atoms with Gasteiger partial charge in [0.15, 0.2) is 6.39 Å². The fourth-order valence-electron chi connectivity index (χ4n) is 0.583. The van der Waals surface area contributed by atoms with Gasteiger partial charge in [-0.25, -0.2) is 4.98 Å². The van der Waals surface area contributed by atoms with Crippen LogP contribution in [0.4, 0.5) is 0 Å². The molecule has 8 heavy (non-hydrogen) atoms. The minimum absolute atomic E-state index is 0.560. The molecular formula is C4H3N3O. The quantitative estimate of drug-likeness (QED) is 0.537. The highest BCUT2D eigenvalue weighted by Gasteiger charge is 1.95. The second kappa shape index (κ2) is 1.09. The summed E-state index contributed by atoms with van der Waals surface area (Å²) in [5.41, 5.74) is 1.33. The van der Waals surface area contributed by atoms with Gasteiger partial charge in [0.2, 0.25) is 0 Å². The SMILES string of the molecule is c1nc2c[nH]nc2o1. The Morgan fingerprint density at radius 1 is 1.62 bits per heavy atom. The standard InChI is InChI=1S/C4H3N3O/c1-3-4(7-6-1)8-2-5-3/h1-2H,(H,6,7). The Morgan fingerprint density at radius 2 is 2.62 bits per heavy atom. The van der Waals surface area contributed by atoms with Crippen molar-refractivity contribution in [2.45, 2.75) is 0 Å². The third kappa shape index (κ3) is 0.294. The van der Waals surface area contributed by atoms with Crippen LogP contribution in [0.2, 0.25) is 0 Å². The molecule has 0 spiro atoms. The second-order valence-electron chi connectivity index (χ2n) is 1.43. The minimum atomic E-state index is 0.560. The van der Waals surface area contributed by atoms with Gasteiger partial charge in [0, 0.05) is 0 Å². The number of nitrogens with one attached hydrogen (secondary N) is 1. The number of rotatable bonds is 0. The number of fused-ring (bicyclic) bond motifs is 1. The summed E-state index contributed by atoms with van der Waals surface area (Å²) in [6.45, 7) is 0. The highest BCUT2D eigenvalue weighted by atomic mass is 16.3. The maximum atomic E-state index is 4.80. The van der Waals surface area contributed by atoms with E-state index in [0.29, 0.717) is 5.71 Å². The maximum absolute atomic E-state index is 4.80. The molecule has 0 aliphatic rings. The molecule has 0 aromatic carbocycles.